The second kappa shape index (κ2) is 7.51. The van der Waals surface area contributed by atoms with Gasteiger partial charge in [0, 0.05) is 25.5 Å². The number of methoxy groups -OCH3 is 2. The highest BCUT2D eigenvalue weighted by molar-refractivity contribution is 5.63. The SMILES string of the molecule is CCC(CC)(OC)c1ccc(N(C)c2ccc(OC)cc2)cc1. The van der Waals surface area contributed by atoms with E-state index in [1.54, 1.807) is 14.2 Å². The van der Waals surface area contributed by atoms with Gasteiger partial charge >= 0.3 is 0 Å². The molecule has 0 unspecified atom stereocenters. The van der Waals surface area contributed by atoms with Gasteiger partial charge < -0.3 is 14.4 Å². The lowest BCUT2D eigenvalue weighted by molar-refractivity contribution is -0.0217. The third-order valence-electron chi connectivity index (χ3n) is 4.77. The van der Waals surface area contributed by atoms with Gasteiger partial charge in [0.05, 0.1) is 12.7 Å². The molecule has 0 fully saturated rings. The summed E-state index contributed by atoms with van der Waals surface area (Å²) in [6, 6.07) is 16.7. The molecule has 0 atom stereocenters. The van der Waals surface area contributed by atoms with Crippen LogP contribution in [0.4, 0.5) is 11.4 Å². The molecule has 0 heterocycles. The molecule has 3 heteroatoms. The van der Waals surface area contributed by atoms with E-state index in [-0.39, 0.29) is 5.60 Å². The Kier molecular flexibility index (Phi) is 5.67. The normalized spacial score (nSPS) is 11.3. The van der Waals surface area contributed by atoms with E-state index in [1.807, 2.05) is 12.1 Å². The molecule has 0 aliphatic carbocycles. The Morgan fingerprint density at radius 2 is 1.30 bits per heavy atom. The van der Waals surface area contributed by atoms with Crippen LogP contribution in [0.5, 0.6) is 5.75 Å². The molecule has 3 nitrogen and oxygen atoms in total. The van der Waals surface area contributed by atoms with Crippen molar-refractivity contribution in [2.24, 2.45) is 0 Å². The first-order chi connectivity index (χ1) is 11.1. The zero-order valence-electron chi connectivity index (χ0n) is 14.8. The monoisotopic (exact) mass is 313 g/mol. The molecule has 23 heavy (non-hydrogen) atoms. The van der Waals surface area contributed by atoms with Crippen molar-refractivity contribution in [3.8, 4) is 5.75 Å². The molecule has 0 saturated carbocycles. The number of nitrogens with zero attached hydrogens (tertiary/aromatic N) is 1. The van der Waals surface area contributed by atoms with Gasteiger partial charge in [-0.1, -0.05) is 26.0 Å². The number of anilines is 2. The van der Waals surface area contributed by atoms with E-state index in [2.05, 4.69) is 62.2 Å². The van der Waals surface area contributed by atoms with Crippen LogP contribution in [0, 0.1) is 0 Å². The van der Waals surface area contributed by atoms with Crippen LogP contribution in [0.3, 0.4) is 0 Å². The molecule has 0 aromatic heterocycles. The van der Waals surface area contributed by atoms with Gasteiger partial charge in [0.1, 0.15) is 5.75 Å². The first-order valence-corrected chi connectivity index (χ1v) is 8.13. The second-order valence-electron chi connectivity index (χ2n) is 5.71. The number of hydrogen-bond acceptors (Lipinski definition) is 3. The number of benzene rings is 2. The van der Waals surface area contributed by atoms with Crippen LogP contribution in [0.25, 0.3) is 0 Å². The van der Waals surface area contributed by atoms with E-state index >= 15 is 0 Å². The van der Waals surface area contributed by atoms with Crippen molar-refractivity contribution in [2.75, 3.05) is 26.2 Å². The lowest BCUT2D eigenvalue weighted by atomic mass is 9.88. The molecule has 2 rings (SSSR count). The Morgan fingerprint density at radius 3 is 1.70 bits per heavy atom. The molecular weight excluding hydrogens is 286 g/mol. The Bertz CT molecular complexity index is 592. The lowest BCUT2D eigenvalue weighted by Gasteiger charge is -2.31. The van der Waals surface area contributed by atoms with Crippen LogP contribution < -0.4 is 9.64 Å². The molecular formula is C20H27NO2. The van der Waals surface area contributed by atoms with E-state index in [0.29, 0.717) is 0 Å². The van der Waals surface area contributed by atoms with Crippen molar-refractivity contribution < 1.29 is 9.47 Å². The Labute approximate surface area is 139 Å². The summed E-state index contributed by atoms with van der Waals surface area (Å²) < 4.78 is 11.0. The summed E-state index contributed by atoms with van der Waals surface area (Å²) >= 11 is 0. The first-order valence-electron chi connectivity index (χ1n) is 8.13. The van der Waals surface area contributed by atoms with Gasteiger partial charge in [-0.25, -0.2) is 0 Å². The topological polar surface area (TPSA) is 21.7 Å². The molecule has 0 bridgehead atoms. The van der Waals surface area contributed by atoms with Gasteiger partial charge in [-0.05, 0) is 54.8 Å². The van der Waals surface area contributed by atoms with Gasteiger partial charge in [0.2, 0.25) is 0 Å². The fourth-order valence-electron chi connectivity index (χ4n) is 3.01. The lowest BCUT2D eigenvalue weighted by Crippen LogP contribution is -2.26. The highest BCUT2D eigenvalue weighted by Gasteiger charge is 2.27. The molecule has 2 aromatic rings. The molecule has 0 aliphatic rings. The van der Waals surface area contributed by atoms with Crippen LogP contribution in [-0.2, 0) is 10.3 Å². The van der Waals surface area contributed by atoms with Gasteiger partial charge in [0.25, 0.3) is 0 Å². The van der Waals surface area contributed by atoms with Crippen LogP contribution in [0.2, 0.25) is 0 Å². The molecule has 2 aromatic carbocycles. The highest BCUT2D eigenvalue weighted by atomic mass is 16.5. The molecule has 124 valence electrons. The molecule has 0 saturated heterocycles. The van der Waals surface area contributed by atoms with Crippen molar-refractivity contribution in [2.45, 2.75) is 32.3 Å². The fraction of sp³-hybridized carbons (Fsp3) is 0.400. The average Bonchev–Trinajstić information content (AvgIpc) is 2.64. The maximum atomic E-state index is 5.81. The van der Waals surface area contributed by atoms with Crippen LogP contribution in [0.15, 0.2) is 48.5 Å². The molecule has 0 amide bonds. The third-order valence-corrected chi connectivity index (χ3v) is 4.77. The molecule has 0 radical (unpaired) electrons. The average molecular weight is 313 g/mol. The largest absolute Gasteiger partial charge is 0.497 e. The summed E-state index contributed by atoms with van der Waals surface area (Å²) in [7, 11) is 5.55. The standard InChI is InChI=1S/C20H27NO2/c1-6-20(7-2,23-5)16-8-10-17(11-9-16)21(3)18-12-14-19(22-4)15-13-18/h8-15H,6-7H2,1-5H3. The fourth-order valence-corrected chi connectivity index (χ4v) is 3.01. The number of hydrogen-bond donors (Lipinski definition) is 0. The van der Waals surface area contributed by atoms with E-state index in [0.717, 1.165) is 30.0 Å². The zero-order chi connectivity index (χ0) is 16.9. The van der Waals surface area contributed by atoms with Crippen LogP contribution in [-0.4, -0.2) is 21.3 Å². The second-order valence-corrected chi connectivity index (χ2v) is 5.71. The summed E-state index contributed by atoms with van der Waals surface area (Å²) in [6.07, 6.45) is 1.93. The van der Waals surface area contributed by atoms with E-state index in [9.17, 15) is 0 Å². The van der Waals surface area contributed by atoms with Gasteiger partial charge in [0.15, 0.2) is 0 Å². The predicted octanol–water partition coefficient (Wildman–Crippen LogP) is 5.12. The first kappa shape index (κ1) is 17.4. The van der Waals surface area contributed by atoms with Crippen molar-refractivity contribution in [3.05, 3.63) is 54.1 Å². The van der Waals surface area contributed by atoms with Crippen molar-refractivity contribution in [3.63, 3.8) is 0 Å². The Hall–Kier alpha value is -2.00. The van der Waals surface area contributed by atoms with Gasteiger partial charge in [-0.3, -0.25) is 0 Å². The smallest absolute Gasteiger partial charge is 0.119 e. The van der Waals surface area contributed by atoms with Gasteiger partial charge in [-0.15, -0.1) is 0 Å². The quantitative estimate of drug-likeness (QED) is 0.707. The summed E-state index contributed by atoms with van der Waals surface area (Å²) in [6.45, 7) is 4.34. The molecule has 0 spiro atoms. The third kappa shape index (κ3) is 3.50. The molecule has 0 aliphatic heterocycles. The van der Waals surface area contributed by atoms with E-state index in [4.69, 9.17) is 9.47 Å². The Morgan fingerprint density at radius 1 is 0.826 bits per heavy atom. The summed E-state index contributed by atoms with van der Waals surface area (Å²) in [5, 5.41) is 0. The van der Waals surface area contributed by atoms with Crippen molar-refractivity contribution in [1.82, 2.24) is 0 Å². The van der Waals surface area contributed by atoms with Crippen LogP contribution in [0.1, 0.15) is 32.3 Å². The van der Waals surface area contributed by atoms with Crippen LogP contribution >= 0.6 is 0 Å². The van der Waals surface area contributed by atoms with Gasteiger partial charge in [-0.2, -0.15) is 0 Å². The minimum Gasteiger partial charge on any atom is -0.497 e. The summed E-state index contributed by atoms with van der Waals surface area (Å²) in [4.78, 5) is 2.16. The van der Waals surface area contributed by atoms with Crippen molar-refractivity contribution >= 4 is 11.4 Å². The maximum Gasteiger partial charge on any atom is 0.119 e. The number of rotatable bonds is 7. The summed E-state index contributed by atoms with van der Waals surface area (Å²) in [5.74, 6) is 0.869. The zero-order valence-corrected chi connectivity index (χ0v) is 14.8. The molecule has 0 N–H and O–H groups in total. The van der Waals surface area contributed by atoms with Crippen molar-refractivity contribution in [1.29, 1.82) is 0 Å². The Balaban J connectivity index is 2.24. The number of ether oxygens (including phenoxy) is 2. The van der Waals surface area contributed by atoms with E-state index in [1.165, 1.54) is 5.56 Å². The maximum absolute atomic E-state index is 5.81. The minimum absolute atomic E-state index is 0.183. The predicted molar refractivity (Wildman–Crippen MR) is 96.8 cm³/mol. The minimum atomic E-state index is -0.183. The summed E-state index contributed by atoms with van der Waals surface area (Å²) in [5.41, 5.74) is 3.33. The highest BCUT2D eigenvalue weighted by Crippen LogP contribution is 2.34. The van der Waals surface area contributed by atoms with E-state index < -0.39 is 0 Å².